The van der Waals surface area contributed by atoms with Gasteiger partial charge in [-0.1, -0.05) is 19.3 Å². The van der Waals surface area contributed by atoms with Crippen molar-refractivity contribution in [2.45, 2.75) is 44.1 Å². The van der Waals surface area contributed by atoms with E-state index in [1.807, 2.05) is 0 Å². The van der Waals surface area contributed by atoms with Crippen LogP contribution >= 0.6 is 0 Å². The summed E-state index contributed by atoms with van der Waals surface area (Å²) in [6.45, 7) is 0. The van der Waals surface area contributed by atoms with Gasteiger partial charge in [-0.2, -0.15) is 0 Å². The van der Waals surface area contributed by atoms with E-state index >= 15 is 0 Å². The minimum absolute atomic E-state index is 0.0164. The Hall–Kier alpha value is -1.29. The second-order valence-corrected chi connectivity index (χ2v) is 5.14. The Bertz CT molecular complexity index is 445. The van der Waals surface area contributed by atoms with E-state index in [0.717, 1.165) is 25.3 Å². The fourth-order valence-corrected chi connectivity index (χ4v) is 2.78. The van der Waals surface area contributed by atoms with Crippen LogP contribution in [0.25, 0.3) is 0 Å². The topological polar surface area (TPSA) is 26.3 Å². The van der Waals surface area contributed by atoms with E-state index in [1.54, 1.807) is 0 Å². The SMILES string of the molecule is COC1(C(=O)Cc2cc(F)cc(F)c2)CCCCC1. The summed E-state index contributed by atoms with van der Waals surface area (Å²) in [4.78, 5) is 12.4. The van der Waals surface area contributed by atoms with Gasteiger partial charge in [0.25, 0.3) is 0 Å². The van der Waals surface area contributed by atoms with Gasteiger partial charge in [0, 0.05) is 19.6 Å². The van der Waals surface area contributed by atoms with Gasteiger partial charge in [-0.15, -0.1) is 0 Å². The number of hydrogen-bond donors (Lipinski definition) is 0. The first kappa shape index (κ1) is 14.1. The average Bonchev–Trinajstić information content (AvgIpc) is 2.38. The number of ketones is 1. The van der Waals surface area contributed by atoms with Crippen molar-refractivity contribution in [1.82, 2.24) is 0 Å². The van der Waals surface area contributed by atoms with Gasteiger partial charge < -0.3 is 4.74 Å². The quantitative estimate of drug-likeness (QED) is 0.836. The predicted octanol–water partition coefficient (Wildman–Crippen LogP) is 3.43. The highest BCUT2D eigenvalue weighted by Gasteiger charge is 2.38. The molecule has 0 aliphatic heterocycles. The first-order valence-corrected chi connectivity index (χ1v) is 6.59. The summed E-state index contributed by atoms with van der Waals surface area (Å²) in [7, 11) is 1.54. The summed E-state index contributed by atoms with van der Waals surface area (Å²) in [5.74, 6) is -1.39. The van der Waals surface area contributed by atoms with Crippen LogP contribution in [0.1, 0.15) is 37.7 Å². The zero-order chi connectivity index (χ0) is 13.9. The number of benzene rings is 1. The fraction of sp³-hybridized carbons (Fsp3) is 0.533. The van der Waals surface area contributed by atoms with Gasteiger partial charge in [0.15, 0.2) is 5.78 Å². The van der Waals surface area contributed by atoms with E-state index in [1.165, 1.54) is 19.2 Å². The molecular weight excluding hydrogens is 250 g/mol. The molecule has 0 spiro atoms. The lowest BCUT2D eigenvalue weighted by molar-refractivity contribution is -0.144. The normalized spacial score (nSPS) is 18.3. The molecule has 0 N–H and O–H groups in total. The largest absolute Gasteiger partial charge is 0.370 e. The maximum absolute atomic E-state index is 13.1. The molecule has 4 heteroatoms. The molecule has 0 saturated heterocycles. The van der Waals surface area contributed by atoms with Gasteiger partial charge >= 0.3 is 0 Å². The highest BCUT2D eigenvalue weighted by atomic mass is 19.1. The highest BCUT2D eigenvalue weighted by molar-refractivity contribution is 5.89. The molecule has 0 atom stereocenters. The number of carbonyl (C=O) groups excluding carboxylic acids is 1. The molecule has 1 aromatic rings. The van der Waals surface area contributed by atoms with Crippen molar-refractivity contribution in [2.75, 3.05) is 7.11 Å². The lowest BCUT2D eigenvalue weighted by Gasteiger charge is -2.34. The molecule has 1 aliphatic rings. The molecule has 0 unspecified atom stereocenters. The molecule has 0 bridgehead atoms. The molecule has 19 heavy (non-hydrogen) atoms. The number of carbonyl (C=O) groups is 1. The summed E-state index contributed by atoms with van der Waals surface area (Å²) in [6.07, 6.45) is 4.42. The summed E-state index contributed by atoms with van der Waals surface area (Å²) in [6, 6.07) is 3.21. The summed E-state index contributed by atoms with van der Waals surface area (Å²) in [5.41, 5.74) is -0.398. The van der Waals surface area contributed by atoms with Crippen molar-refractivity contribution < 1.29 is 18.3 Å². The summed E-state index contributed by atoms with van der Waals surface area (Å²) >= 11 is 0. The van der Waals surface area contributed by atoms with Crippen LogP contribution in [0.5, 0.6) is 0 Å². The van der Waals surface area contributed by atoms with Crippen LogP contribution in [0.15, 0.2) is 18.2 Å². The van der Waals surface area contributed by atoms with Gasteiger partial charge in [0.2, 0.25) is 0 Å². The van der Waals surface area contributed by atoms with Crippen molar-refractivity contribution in [3.05, 3.63) is 35.4 Å². The smallest absolute Gasteiger partial charge is 0.168 e. The Labute approximate surface area is 111 Å². The van der Waals surface area contributed by atoms with Gasteiger partial charge in [0.05, 0.1) is 0 Å². The zero-order valence-corrected chi connectivity index (χ0v) is 11.0. The second kappa shape index (κ2) is 5.78. The van der Waals surface area contributed by atoms with Crippen LogP contribution < -0.4 is 0 Å². The number of Topliss-reactive ketones (excluding diaryl/α,β-unsaturated/α-hetero) is 1. The number of methoxy groups -OCH3 is 1. The standard InChI is InChI=1S/C15H18F2O2/c1-19-15(5-3-2-4-6-15)14(18)9-11-7-12(16)10-13(17)8-11/h7-8,10H,2-6,9H2,1H3. The molecule has 2 rings (SSSR count). The molecule has 1 aliphatic carbocycles. The predicted molar refractivity (Wildman–Crippen MR) is 67.9 cm³/mol. The molecule has 2 nitrogen and oxygen atoms in total. The van der Waals surface area contributed by atoms with E-state index in [-0.39, 0.29) is 12.2 Å². The first-order valence-electron chi connectivity index (χ1n) is 6.59. The molecular formula is C15H18F2O2. The Morgan fingerprint density at radius 1 is 1.16 bits per heavy atom. The van der Waals surface area contributed by atoms with E-state index in [4.69, 9.17) is 4.74 Å². The van der Waals surface area contributed by atoms with E-state index in [0.29, 0.717) is 18.4 Å². The van der Waals surface area contributed by atoms with Crippen molar-refractivity contribution in [3.8, 4) is 0 Å². The number of rotatable bonds is 4. The third-order valence-corrected chi connectivity index (χ3v) is 3.85. The molecule has 1 saturated carbocycles. The highest BCUT2D eigenvalue weighted by Crippen LogP contribution is 2.33. The van der Waals surface area contributed by atoms with Crippen LogP contribution in [-0.4, -0.2) is 18.5 Å². The molecule has 0 aromatic heterocycles. The Morgan fingerprint density at radius 3 is 2.26 bits per heavy atom. The number of hydrogen-bond acceptors (Lipinski definition) is 2. The Morgan fingerprint density at radius 2 is 1.74 bits per heavy atom. The van der Waals surface area contributed by atoms with Crippen molar-refractivity contribution in [2.24, 2.45) is 0 Å². The summed E-state index contributed by atoms with van der Waals surface area (Å²) < 4.78 is 31.7. The zero-order valence-electron chi connectivity index (χ0n) is 11.0. The second-order valence-electron chi connectivity index (χ2n) is 5.14. The lowest BCUT2D eigenvalue weighted by atomic mass is 9.79. The number of halogens is 2. The van der Waals surface area contributed by atoms with Crippen LogP contribution in [0.4, 0.5) is 8.78 Å². The Kier molecular flexibility index (Phi) is 4.30. The maximum Gasteiger partial charge on any atom is 0.168 e. The minimum Gasteiger partial charge on any atom is -0.370 e. The third-order valence-electron chi connectivity index (χ3n) is 3.85. The van der Waals surface area contributed by atoms with Gasteiger partial charge in [-0.25, -0.2) is 8.78 Å². The summed E-state index contributed by atoms with van der Waals surface area (Å²) in [5, 5.41) is 0. The molecule has 0 radical (unpaired) electrons. The fourth-order valence-electron chi connectivity index (χ4n) is 2.78. The monoisotopic (exact) mass is 268 g/mol. The molecule has 0 amide bonds. The molecule has 0 heterocycles. The van der Waals surface area contributed by atoms with E-state index in [9.17, 15) is 13.6 Å². The minimum atomic E-state index is -0.763. The van der Waals surface area contributed by atoms with Crippen LogP contribution in [0.2, 0.25) is 0 Å². The Balaban J connectivity index is 2.14. The van der Waals surface area contributed by atoms with Crippen LogP contribution in [0.3, 0.4) is 0 Å². The lowest BCUT2D eigenvalue weighted by Crippen LogP contribution is -2.43. The van der Waals surface area contributed by atoms with Gasteiger partial charge in [0.1, 0.15) is 17.2 Å². The first-order chi connectivity index (χ1) is 9.05. The van der Waals surface area contributed by atoms with Gasteiger partial charge in [-0.05, 0) is 30.5 Å². The molecule has 1 aromatic carbocycles. The van der Waals surface area contributed by atoms with Crippen molar-refractivity contribution in [3.63, 3.8) is 0 Å². The maximum atomic E-state index is 13.1. The van der Waals surface area contributed by atoms with Crippen molar-refractivity contribution in [1.29, 1.82) is 0 Å². The van der Waals surface area contributed by atoms with E-state index in [2.05, 4.69) is 0 Å². The van der Waals surface area contributed by atoms with Crippen LogP contribution in [0, 0.1) is 11.6 Å². The number of ether oxygens (including phenoxy) is 1. The van der Waals surface area contributed by atoms with E-state index < -0.39 is 17.2 Å². The van der Waals surface area contributed by atoms with Crippen LogP contribution in [-0.2, 0) is 16.0 Å². The molecule has 1 fully saturated rings. The van der Waals surface area contributed by atoms with Crippen molar-refractivity contribution >= 4 is 5.78 Å². The average molecular weight is 268 g/mol. The third kappa shape index (κ3) is 3.18. The van der Waals surface area contributed by atoms with Gasteiger partial charge in [-0.3, -0.25) is 4.79 Å². The molecule has 104 valence electrons.